The van der Waals surface area contributed by atoms with Crippen LogP contribution in [0.25, 0.3) is 0 Å². The fourth-order valence-electron chi connectivity index (χ4n) is 2.29. The number of carbonyl (C=O) groups excluding carboxylic acids is 1. The van der Waals surface area contributed by atoms with E-state index in [4.69, 9.17) is 11.6 Å². The highest BCUT2D eigenvalue weighted by molar-refractivity contribution is 6.31. The number of hydrogen-bond acceptors (Lipinski definition) is 1. The lowest BCUT2D eigenvalue weighted by molar-refractivity contribution is -0.117. The van der Waals surface area contributed by atoms with Crippen LogP contribution in [0.15, 0.2) is 36.4 Å². The Morgan fingerprint density at radius 3 is 2.15 bits per heavy atom. The minimum Gasteiger partial charge on any atom is -0.299 e. The highest BCUT2D eigenvalue weighted by atomic mass is 35.5. The molecular weight excluding hydrogens is 275 g/mol. The summed E-state index contributed by atoms with van der Waals surface area (Å²) < 4.78 is 13.7. The minimum atomic E-state index is -0.424. The van der Waals surface area contributed by atoms with Crippen molar-refractivity contribution in [3.63, 3.8) is 0 Å². The second-order valence-corrected chi connectivity index (χ2v) is 5.37. The molecule has 0 radical (unpaired) electrons. The van der Waals surface area contributed by atoms with Crippen LogP contribution in [0.2, 0.25) is 5.02 Å². The van der Waals surface area contributed by atoms with Crippen molar-refractivity contribution in [1.82, 2.24) is 0 Å². The molecule has 0 saturated carbocycles. The number of halogens is 2. The molecule has 0 unspecified atom stereocenters. The van der Waals surface area contributed by atoms with Crippen molar-refractivity contribution in [3.05, 3.63) is 69.5 Å². The Bertz CT molecular complexity index is 553. The molecule has 0 N–H and O–H groups in total. The zero-order valence-electron chi connectivity index (χ0n) is 11.5. The molecule has 0 aliphatic heterocycles. The molecule has 0 aliphatic carbocycles. The number of ketones is 1. The van der Waals surface area contributed by atoms with E-state index >= 15 is 0 Å². The van der Waals surface area contributed by atoms with Crippen molar-refractivity contribution in [1.29, 1.82) is 0 Å². The van der Waals surface area contributed by atoms with Crippen LogP contribution < -0.4 is 0 Å². The van der Waals surface area contributed by atoms with Crippen LogP contribution in [0.1, 0.15) is 22.3 Å². The monoisotopic (exact) mass is 290 g/mol. The molecule has 0 aromatic heterocycles. The zero-order chi connectivity index (χ0) is 14.7. The van der Waals surface area contributed by atoms with Gasteiger partial charge in [0.25, 0.3) is 0 Å². The topological polar surface area (TPSA) is 17.1 Å². The van der Waals surface area contributed by atoms with Gasteiger partial charge in [-0.05, 0) is 42.7 Å². The molecule has 2 rings (SSSR count). The number of benzene rings is 2. The molecule has 0 aliphatic rings. The van der Waals surface area contributed by atoms with Gasteiger partial charge in [-0.2, -0.15) is 0 Å². The van der Waals surface area contributed by atoms with Crippen molar-refractivity contribution < 1.29 is 9.18 Å². The van der Waals surface area contributed by atoms with E-state index in [1.165, 1.54) is 12.1 Å². The highest BCUT2D eigenvalue weighted by Crippen LogP contribution is 2.21. The molecular formula is C17H16ClFO. The Kier molecular flexibility index (Phi) is 4.56. The molecule has 104 valence electrons. The summed E-state index contributed by atoms with van der Waals surface area (Å²) in [6, 6.07) is 10.4. The van der Waals surface area contributed by atoms with Crippen molar-refractivity contribution in [2.24, 2.45) is 0 Å². The van der Waals surface area contributed by atoms with E-state index in [1.54, 1.807) is 6.07 Å². The van der Waals surface area contributed by atoms with Gasteiger partial charge in [0.05, 0.1) is 0 Å². The maximum atomic E-state index is 13.7. The van der Waals surface area contributed by atoms with Crippen molar-refractivity contribution >= 4 is 17.4 Å². The van der Waals surface area contributed by atoms with E-state index in [-0.39, 0.29) is 17.8 Å². The van der Waals surface area contributed by atoms with Crippen molar-refractivity contribution in [3.8, 4) is 0 Å². The predicted octanol–water partition coefficient (Wildman–Crippen LogP) is 4.45. The van der Waals surface area contributed by atoms with E-state index in [9.17, 15) is 9.18 Å². The van der Waals surface area contributed by atoms with Crippen LogP contribution in [0.3, 0.4) is 0 Å². The minimum absolute atomic E-state index is 0.0271. The van der Waals surface area contributed by atoms with Gasteiger partial charge in [-0.25, -0.2) is 4.39 Å². The lowest BCUT2D eigenvalue weighted by Gasteiger charge is -2.10. The third kappa shape index (κ3) is 3.26. The van der Waals surface area contributed by atoms with Gasteiger partial charge in [-0.1, -0.05) is 35.9 Å². The van der Waals surface area contributed by atoms with Crippen LogP contribution in [-0.2, 0) is 17.6 Å². The fourth-order valence-corrected chi connectivity index (χ4v) is 2.52. The molecule has 0 bridgehead atoms. The van der Waals surface area contributed by atoms with E-state index in [0.717, 1.165) is 16.7 Å². The standard InChI is InChI=1S/C17H16ClFO/c1-11-5-3-6-12(2)14(11)9-13(20)10-15-16(18)7-4-8-17(15)19/h3-8H,9-10H2,1-2H3. The molecule has 0 atom stereocenters. The van der Waals surface area contributed by atoms with E-state index in [0.29, 0.717) is 11.4 Å². The summed E-state index contributed by atoms with van der Waals surface area (Å²) >= 11 is 5.95. The third-order valence-corrected chi connectivity index (χ3v) is 3.81. The first-order valence-corrected chi connectivity index (χ1v) is 6.86. The smallest absolute Gasteiger partial charge is 0.141 e. The average Bonchev–Trinajstić information content (AvgIpc) is 2.39. The SMILES string of the molecule is Cc1cccc(C)c1CC(=O)Cc1c(F)cccc1Cl. The van der Waals surface area contributed by atoms with Crippen LogP contribution in [-0.4, -0.2) is 5.78 Å². The molecule has 3 heteroatoms. The number of aryl methyl sites for hydroxylation is 2. The van der Waals surface area contributed by atoms with Crippen molar-refractivity contribution in [2.75, 3.05) is 0 Å². The Hall–Kier alpha value is -1.67. The van der Waals surface area contributed by atoms with Gasteiger partial charge in [0.15, 0.2) is 0 Å². The van der Waals surface area contributed by atoms with E-state index in [2.05, 4.69) is 0 Å². The molecule has 0 amide bonds. The molecule has 0 heterocycles. The van der Waals surface area contributed by atoms with Gasteiger partial charge in [0.2, 0.25) is 0 Å². The molecule has 1 nitrogen and oxygen atoms in total. The fraction of sp³-hybridized carbons (Fsp3) is 0.235. The highest BCUT2D eigenvalue weighted by Gasteiger charge is 2.14. The van der Waals surface area contributed by atoms with Crippen LogP contribution in [0.4, 0.5) is 4.39 Å². The largest absolute Gasteiger partial charge is 0.299 e. The zero-order valence-corrected chi connectivity index (χ0v) is 12.3. The predicted molar refractivity (Wildman–Crippen MR) is 79.7 cm³/mol. The second kappa shape index (κ2) is 6.19. The van der Waals surface area contributed by atoms with Crippen LogP contribution >= 0.6 is 11.6 Å². The summed E-state index contributed by atoms with van der Waals surface area (Å²) in [4.78, 5) is 12.2. The van der Waals surface area contributed by atoms with Crippen LogP contribution in [0, 0.1) is 19.7 Å². The molecule has 0 saturated heterocycles. The molecule has 20 heavy (non-hydrogen) atoms. The quantitative estimate of drug-likeness (QED) is 0.813. The summed E-state index contributed by atoms with van der Waals surface area (Å²) in [5.41, 5.74) is 3.46. The Labute approximate surface area is 123 Å². The van der Waals surface area contributed by atoms with E-state index < -0.39 is 5.82 Å². The summed E-state index contributed by atoms with van der Waals surface area (Å²) in [5, 5.41) is 0.305. The van der Waals surface area contributed by atoms with Gasteiger partial charge in [-0.3, -0.25) is 4.79 Å². The van der Waals surface area contributed by atoms with Gasteiger partial charge in [0.1, 0.15) is 11.6 Å². The molecule has 2 aromatic rings. The number of carbonyl (C=O) groups is 1. The lowest BCUT2D eigenvalue weighted by atomic mass is 9.95. The molecule has 2 aromatic carbocycles. The van der Waals surface area contributed by atoms with Gasteiger partial charge in [-0.15, -0.1) is 0 Å². The Morgan fingerprint density at radius 2 is 1.55 bits per heavy atom. The molecule has 0 fully saturated rings. The maximum absolute atomic E-state index is 13.7. The Balaban J connectivity index is 2.18. The second-order valence-electron chi connectivity index (χ2n) is 4.96. The average molecular weight is 291 g/mol. The summed E-state index contributed by atoms with van der Waals surface area (Å²) in [6.45, 7) is 3.96. The van der Waals surface area contributed by atoms with Gasteiger partial charge < -0.3 is 0 Å². The summed E-state index contributed by atoms with van der Waals surface area (Å²) in [7, 11) is 0. The first-order chi connectivity index (χ1) is 9.49. The number of Topliss-reactive ketones (excluding diaryl/α,β-unsaturated/α-hetero) is 1. The summed E-state index contributed by atoms with van der Waals surface area (Å²) in [5.74, 6) is -0.457. The van der Waals surface area contributed by atoms with Crippen LogP contribution in [0.5, 0.6) is 0 Å². The summed E-state index contributed by atoms with van der Waals surface area (Å²) in [6.07, 6.45) is 0.336. The van der Waals surface area contributed by atoms with Gasteiger partial charge >= 0.3 is 0 Å². The Morgan fingerprint density at radius 1 is 1.00 bits per heavy atom. The normalized spacial score (nSPS) is 10.6. The third-order valence-electron chi connectivity index (χ3n) is 3.45. The molecule has 0 spiro atoms. The lowest BCUT2D eigenvalue weighted by Crippen LogP contribution is -2.10. The van der Waals surface area contributed by atoms with Crippen molar-refractivity contribution in [2.45, 2.75) is 26.7 Å². The van der Waals surface area contributed by atoms with E-state index in [1.807, 2.05) is 32.0 Å². The first kappa shape index (κ1) is 14.7. The first-order valence-electron chi connectivity index (χ1n) is 6.48. The number of hydrogen-bond donors (Lipinski definition) is 0. The number of rotatable bonds is 4. The maximum Gasteiger partial charge on any atom is 0.141 e. The van der Waals surface area contributed by atoms with Gasteiger partial charge in [0, 0.05) is 23.4 Å².